The molecule has 138 valence electrons. The van der Waals surface area contributed by atoms with Crippen molar-refractivity contribution >= 4 is 5.91 Å². The molecule has 5 heteroatoms. The molecule has 0 saturated carbocycles. The molecule has 0 unspecified atom stereocenters. The van der Waals surface area contributed by atoms with Crippen molar-refractivity contribution in [3.8, 4) is 5.75 Å². The molecule has 2 aromatic carbocycles. The average Bonchev–Trinajstić information content (AvgIpc) is 3.15. The number of para-hydroxylation sites is 1. The Morgan fingerprint density at radius 3 is 2.65 bits per heavy atom. The fourth-order valence-electron chi connectivity index (χ4n) is 3.22. The summed E-state index contributed by atoms with van der Waals surface area (Å²) in [6, 6.07) is 13.3. The van der Waals surface area contributed by atoms with E-state index in [4.69, 9.17) is 4.74 Å². The number of hydrogen-bond donors (Lipinski definition) is 1. The number of carbonyl (C=O) groups excluding carboxylic acids is 1. The van der Waals surface area contributed by atoms with Crippen molar-refractivity contribution in [1.29, 1.82) is 0 Å². The molecule has 0 bridgehead atoms. The second-order valence-electron chi connectivity index (χ2n) is 6.66. The lowest BCUT2D eigenvalue weighted by Crippen LogP contribution is -2.37. The van der Waals surface area contributed by atoms with E-state index in [0.29, 0.717) is 25.9 Å². The topological polar surface area (TPSA) is 49.8 Å². The smallest absolute Gasteiger partial charge is 0.223 e. The number of phenolic OH excluding ortho intramolecular Hbond substituents is 1. The SMILES string of the molecule is O=C(CCc1ccccc1O)N(Cc1ccc(F)cc1)C[C@@H]1CCCO1. The average molecular weight is 357 g/mol. The summed E-state index contributed by atoms with van der Waals surface area (Å²) in [6.45, 7) is 1.71. The van der Waals surface area contributed by atoms with Crippen molar-refractivity contribution in [2.75, 3.05) is 13.2 Å². The van der Waals surface area contributed by atoms with Gasteiger partial charge in [-0.05, 0) is 48.6 Å². The van der Waals surface area contributed by atoms with Gasteiger partial charge in [-0.1, -0.05) is 30.3 Å². The van der Waals surface area contributed by atoms with Crippen LogP contribution >= 0.6 is 0 Å². The fraction of sp³-hybridized carbons (Fsp3) is 0.381. The molecular formula is C21H24FNO3. The highest BCUT2D eigenvalue weighted by Crippen LogP contribution is 2.20. The van der Waals surface area contributed by atoms with Gasteiger partial charge in [0.05, 0.1) is 6.10 Å². The lowest BCUT2D eigenvalue weighted by molar-refractivity contribution is -0.133. The summed E-state index contributed by atoms with van der Waals surface area (Å²) in [6.07, 6.45) is 2.82. The number of aromatic hydroxyl groups is 1. The maximum atomic E-state index is 13.1. The van der Waals surface area contributed by atoms with Crippen molar-refractivity contribution in [1.82, 2.24) is 4.90 Å². The first-order valence-corrected chi connectivity index (χ1v) is 9.02. The van der Waals surface area contributed by atoms with E-state index < -0.39 is 0 Å². The fourth-order valence-corrected chi connectivity index (χ4v) is 3.22. The van der Waals surface area contributed by atoms with Gasteiger partial charge in [0.1, 0.15) is 11.6 Å². The van der Waals surface area contributed by atoms with Gasteiger partial charge in [0.15, 0.2) is 0 Å². The number of ether oxygens (including phenoxy) is 1. The number of hydrogen-bond acceptors (Lipinski definition) is 3. The predicted octanol–water partition coefficient (Wildman–Crippen LogP) is 3.67. The van der Waals surface area contributed by atoms with Crippen LogP contribution in [0.25, 0.3) is 0 Å². The van der Waals surface area contributed by atoms with Gasteiger partial charge in [0.25, 0.3) is 0 Å². The standard InChI is InChI=1S/C21H24FNO3/c22-18-10-7-16(8-11-18)14-23(15-19-5-3-13-26-19)21(25)12-9-17-4-1-2-6-20(17)24/h1-2,4,6-8,10-11,19,24H,3,5,9,12-15H2/t19-/m0/s1. The van der Waals surface area contributed by atoms with Crippen LogP contribution in [0.2, 0.25) is 0 Å². The third kappa shape index (κ3) is 5.05. The van der Waals surface area contributed by atoms with Crippen LogP contribution in [0.3, 0.4) is 0 Å². The molecule has 0 spiro atoms. The third-order valence-electron chi connectivity index (χ3n) is 4.69. The Hall–Kier alpha value is -2.40. The summed E-state index contributed by atoms with van der Waals surface area (Å²) >= 11 is 0. The molecule has 26 heavy (non-hydrogen) atoms. The van der Waals surface area contributed by atoms with Gasteiger partial charge in [0.2, 0.25) is 5.91 Å². The van der Waals surface area contributed by atoms with E-state index >= 15 is 0 Å². The summed E-state index contributed by atoms with van der Waals surface area (Å²) in [4.78, 5) is 14.6. The molecule has 1 atom stereocenters. The molecule has 2 aromatic rings. The van der Waals surface area contributed by atoms with Crippen LogP contribution in [-0.4, -0.2) is 35.2 Å². The van der Waals surface area contributed by atoms with Gasteiger partial charge in [0, 0.05) is 26.1 Å². The normalized spacial score (nSPS) is 16.6. The summed E-state index contributed by atoms with van der Waals surface area (Å²) in [5.74, 6) is -0.0668. The summed E-state index contributed by atoms with van der Waals surface area (Å²) in [7, 11) is 0. The quantitative estimate of drug-likeness (QED) is 0.822. The van der Waals surface area contributed by atoms with Gasteiger partial charge in [-0.15, -0.1) is 0 Å². The summed E-state index contributed by atoms with van der Waals surface area (Å²) < 4.78 is 18.8. The Balaban J connectivity index is 1.65. The van der Waals surface area contributed by atoms with Crippen LogP contribution in [-0.2, 0) is 22.5 Å². The van der Waals surface area contributed by atoms with Crippen LogP contribution in [0, 0.1) is 5.82 Å². The molecule has 1 amide bonds. The lowest BCUT2D eigenvalue weighted by Gasteiger charge is -2.26. The molecule has 1 aliphatic rings. The van der Waals surface area contributed by atoms with Crippen molar-refractivity contribution < 1.29 is 19.0 Å². The second kappa shape index (κ2) is 8.81. The van der Waals surface area contributed by atoms with Gasteiger partial charge >= 0.3 is 0 Å². The number of carbonyl (C=O) groups is 1. The predicted molar refractivity (Wildman–Crippen MR) is 97.2 cm³/mol. The summed E-state index contributed by atoms with van der Waals surface area (Å²) in [5.41, 5.74) is 1.65. The van der Waals surface area contributed by atoms with Crippen molar-refractivity contribution in [2.24, 2.45) is 0 Å². The van der Waals surface area contributed by atoms with Crippen LogP contribution < -0.4 is 0 Å². The van der Waals surface area contributed by atoms with E-state index in [2.05, 4.69) is 0 Å². The van der Waals surface area contributed by atoms with E-state index in [9.17, 15) is 14.3 Å². The van der Waals surface area contributed by atoms with Crippen LogP contribution in [0.1, 0.15) is 30.4 Å². The van der Waals surface area contributed by atoms with E-state index in [1.807, 2.05) is 12.1 Å². The number of rotatable bonds is 7. The first-order valence-electron chi connectivity index (χ1n) is 9.02. The number of amides is 1. The molecule has 0 aromatic heterocycles. The Bertz CT molecular complexity index is 726. The minimum Gasteiger partial charge on any atom is -0.508 e. The van der Waals surface area contributed by atoms with E-state index in [1.54, 1.807) is 29.2 Å². The van der Waals surface area contributed by atoms with Crippen molar-refractivity contribution in [3.63, 3.8) is 0 Å². The van der Waals surface area contributed by atoms with E-state index in [-0.39, 0.29) is 23.6 Å². The molecule has 0 radical (unpaired) electrons. The van der Waals surface area contributed by atoms with Crippen molar-refractivity contribution in [3.05, 3.63) is 65.5 Å². The Labute approximate surface area is 153 Å². The van der Waals surface area contributed by atoms with E-state index in [1.165, 1.54) is 12.1 Å². The molecule has 1 heterocycles. The number of nitrogens with zero attached hydrogens (tertiary/aromatic N) is 1. The largest absolute Gasteiger partial charge is 0.508 e. The molecule has 3 rings (SSSR count). The highest BCUT2D eigenvalue weighted by molar-refractivity contribution is 5.76. The minimum absolute atomic E-state index is 0.00748. The Morgan fingerprint density at radius 1 is 1.19 bits per heavy atom. The highest BCUT2D eigenvalue weighted by Gasteiger charge is 2.23. The highest BCUT2D eigenvalue weighted by atomic mass is 19.1. The van der Waals surface area contributed by atoms with Crippen molar-refractivity contribution in [2.45, 2.75) is 38.3 Å². The van der Waals surface area contributed by atoms with Crippen LogP contribution in [0.4, 0.5) is 4.39 Å². The molecule has 1 fully saturated rings. The molecule has 4 nitrogen and oxygen atoms in total. The Morgan fingerprint density at radius 2 is 1.96 bits per heavy atom. The van der Waals surface area contributed by atoms with E-state index in [0.717, 1.165) is 30.6 Å². The molecule has 0 aliphatic carbocycles. The maximum Gasteiger partial charge on any atom is 0.223 e. The maximum absolute atomic E-state index is 13.1. The first-order chi connectivity index (χ1) is 12.6. The third-order valence-corrected chi connectivity index (χ3v) is 4.69. The van der Waals surface area contributed by atoms with Gasteiger partial charge < -0.3 is 14.7 Å². The molecular weight excluding hydrogens is 333 g/mol. The van der Waals surface area contributed by atoms with Gasteiger partial charge in [-0.2, -0.15) is 0 Å². The zero-order valence-electron chi connectivity index (χ0n) is 14.7. The Kier molecular flexibility index (Phi) is 6.23. The number of phenols is 1. The monoisotopic (exact) mass is 357 g/mol. The van der Waals surface area contributed by atoms with Crippen LogP contribution in [0.5, 0.6) is 5.75 Å². The van der Waals surface area contributed by atoms with Crippen LogP contribution in [0.15, 0.2) is 48.5 Å². The minimum atomic E-state index is -0.287. The number of halogens is 1. The zero-order chi connectivity index (χ0) is 18.4. The molecule has 1 aliphatic heterocycles. The zero-order valence-corrected chi connectivity index (χ0v) is 14.7. The van der Waals surface area contributed by atoms with Gasteiger partial charge in [-0.3, -0.25) is 4.79 Å². The molecule has 1 saturated heterocycles. The summed E-state index contributed by atoms with van der Waals surface area (Å²) in [5, 5.41) is 9.87. The lowest BCUT2D eigenvalue weighted by atomic mass is 10.1. The molecule has 1 N–H and O–H groups in total. The number of benzene rings is 2. The second-order valence-corrected chi connectivity index (χ2v) is 6.66. The first kappa shape index (κ1) is 18.4. The number of aryl methyl sites for hydroxylation is 1. The van der Waals surface area contributed by atoms with Gasteiger partial charge in [-0.25, -0.2) is 4.39 Å².